The number of esters is 1. The number of aromatic nitrogens is 1. The maximum absolute atomic E-state index is 11.8. The zero-order valence-electron chi connectivity index (χ0n) is 10.5. The Labute approximate surface area is 106 Å². The van der Waals surface area contributed by atoms with Crippen LogP contribution in [0.1, 0.15) is 24.1 Å². The van der Waals surface area contributed by atoms with Crippen molar-refractivity contribution in [1.82, 2.24) is 9.88 Å². The molecule has 18 heavy (non-hydrogen) atoms. The topological polar surface area (TPSA) is 60.3 Å². The molecule has 1 N–H and O–H groups in total. The van der Waals surface area contributed by atoms with Crippen LogP contribution < -0.4 is 5.32 Å². The fourth-order valence-corrected chi connectivity index (χ4v) is 2.31. The second-order valence-corrected chi connectivity index (χ2v) is 4.58. The highest BCUT2D eigenvalue weighted by Gasteiger charge is 2.30. The molecule has 0 spiro atoms. The smallest absolute Gasteiger partial charge is 0.310 e. The lowest BCUT2D eigenvalue weighted by atomic mass is 10.0. The molecule has 2 unspecified atom stereocenters. The zero-order valence-corrected chi connectivity index (χ0v) is 10.5. The Morgan fingerprint density at radius 2 is 2.11 bits per heavy atom. The van der Waals surface area contributed by atoms with Crippen molar-refractivity contribution >= 4 is 11.9 Å². The van der Waals surface area contributed by atoms with Crippen LogP contribution in [0.15, 0.2) is 24.5 Å². The summed E-state index contributed by atoms with van der Waals surface area (Å²) >= 11 is 0. The molecule has 1 saturated heterocycles. The molecule has 0 bridgehead atoms. The molecule has 0 saturated carbocycles. The number of hydrogen-bond donors (Lipinski definition) is 1. The van der Waals surface area contributed by atoms with Gasteiger partial charge < -0.3 is 10.1 Å². The van der Waals surface area contributed by atoms with Crippen LogP contribution in [0.25, 0.3) is 0 Å². The predicted molar refractivity (Wildman–Crippen MR) is 66.2 cm³/mol. The molecule has 98 valence electrons. The van der Waals surface area contributed by atoms with Gasteiger partial charge in [0.15, 0.2) is 0 Å². The summed E-state index contributed by atoms with van der Waals surface area (Å²) in [4.78, 5) is 23.1. The Morgan fingerprint density at radius 1 is 1.39 bits per heavy atom. The van der Waals surface area contributed by atoms with E-state index in [1.807, 2.05) is 12.1 Å². The van der Waals surface area contributed by atoms with Crippen LogP contribution in [0.3, 0.4) is 0 Å². The first-order valence-corrected chi connectivity index (χ1v) is 6.18. The largest absolute Gasteiger partial charge is 0.469 e. The first-order chi connectivity index (χ1) is 8.70. The third-order valence-corrected chi connectivity index (χ3v) is 3.36. The van der Waals surface area contributed by atoms with Crippen molar-refractivity contribution in [2.45, 2.75) is 25.3 Å². The maximum Gasteiger partial charge on any atom is 0.310 e. The summed E-state index contributed by atoms with van der Waals surface area (Å²) in [7, 11) is 1.41. The zero-order chi connectivity index (χ0) is 13.0. The summed E-state index contributed by atoms with van der Waals surface area (Å²) in [6.45, 7) is 0.648. The predicted octanol–water partition coefficient (Wildman–Crippen LogP) is 1.06. The average Bonchev–Trinajstić information content (AvgIpc) is 3.05. The van der Waals surface area contributed by atoms with Gasteiger partial charge in [-0.05, 0) is 25.0 Å². The summed E-state index contributed by atoms with van der Waals surface area (Å²) in [5, 5.41) is 3.26. The molecule has 2 heterocycles. The van der Waals surface area contributed by atoms with Crippen LogP contribution in [0.2, 0.25) is 0 Å². The highest BCUT2D eigenvalue weighted by atomic mass is 16.5. The molecule has 5 nitrogen and oxygen atoms in total. The molecule has 1 fully saturated rings. The maximum atomic E-state index is 11.8. The summed E-state index contributed by atoms with van der Waals surface area (Å²) in [6, 6.07) is 3.89. The Hall–Kier alpha value is -1.62. The third kappa shape index (κ3) is 2.98. The summed E-state index contributed by atoms with van der Waals surface area (Å²) in [5.74, 6) is -0.147. The number of carbonyl (C=O) groups is 2. The quantitative estimate of drug-likeness (QED) is 0.812. The first kappa shape index (κ1) is 12.8. The van der Waals surface area contributed by atoms with Gasteiger partial charge in [-0.2, -0.15) is 0 Å². The molecule has 2 atom stereocenters. The molecule has 1 aromatic heterocycles. The van der Waals surface area contributed by atoms with Crippen LogP contribution in [0, 0.1) is 5.92 Å². The Bertz CT molecular complexity index is 414. The second kappa shape index (κ2) is 5.82. The molecular formula is C13H18N2O3. The Kier molecular flexibility index (Phi) is 4.15. The second-order valence-electron chi connectivity index (χ2n) is 4.58. The summed E-state index contributed by atoms with van der Waals surface area (Å²) in [6.07, 6.45) is 5.50. The van der Waals surface area contributed by atoms with Crippen molar-refractivity contribution in [3.8, 4) is 0 Å². The number of hydrogen-bond acceptors (Lipinski definition) is 4. The molecule has 1 aliphatic heterocycles. The van der Waals surface area contributed by atoms with E-state index in [2.05, 4.69) is 5.32 Å². The van der Waals surface area contributed by atoms with Gasteiger partial charge in [0, 0.05) is 31.4 Å². The molecule has 0 radical (unpaired) electrons. The van der Waals surface area contributed by atoms with Gasteiger partial charge in [-0.15, -0.1) is 0 Å². The standard InChI is InChI=1S/C13H18N2O3/c1-18-13(17)10-8-11(14-9-10)4-5-12(16)15-6-2-3-7-15/h2-3,6-7,10-11,14H,4-5,8-9H2,1H3. The number of rotatable bonds is 4. The fourth-order valence-electron chi connectivity index (χ4n) is 2.31. The van der Waals surface area contributed by atoms with Gasteiger partial charge >= 0.3 is 5.97 Å². The SMILES string of the molecule is COC(=O)C1CNC(CCC(=O)n2cccc2)C1. The van der Waals surface area contributed by atoms with Gasteiger partial charge in [-0.3, -0.25) is 14.2 Å². The van der Waals surface area contributed by atoms with E-state index in [1.165, 1.54) is 7.11 Å². The highest BCUT2D eigenvalue weighted by molar-refractivity contribution is 5.78. The minimum Gasteiger partial charge on any atom is -0.469 e. The van der Waals surface area contributed by atoms with E-state index in [-0.39, 0.29) is 23.8 Å². The van der Waals surface area contributed by atoms with E-state index in [9.17, 15) is 9.59 Å². The lowest BCUT2D eigenvalue weighted by molar-refractivity contribution is -0.144. The molecular weight excluding hydrogens is 232 g/mol. The van der Waals surface area contributed by atoms with Gasteiger partial charge in [-0.25, -0.2) is 0 Å². The minimum atomic E-state index is -0.165. The average molecular weight is 250 g/mol. The molecule has 0 aliphatic carbocycles. The van der Waals surface area contributed by atoms with Gasteiger partial charge in [0.05, 0.1) is 13.0 Å². The molecule has 1 aromatic rings. The number of ether oxygens (including phenoxy) is 1. The van der Waals surface area contributed by atoms with E-state index in [0.29, 0.717) is 13.0 Å². The van der Waals surface area contributed by atoms with Gasteiger partial charge in [0.2, 0.25) is 5.91 Å². The van der Waals surface area contributed by atoms with Gasteiger partial charge in [-0.1, -0.05) is 0 Å². The van der Waals surface area contributed by atoms with Crippen molar-refractivity contribution in [3.05, 3.63) is 24.5 Å². The van der Waals surface area contributed by atoms with E-state index >= 15 is 0 Å². The van der Waals surface area contributed by atoms with Crippen LogP contribution in [0.4, 0.5) is 0 Å². The van der Waals surface area contributed by atoms with Crippen molar-refractivity contribution in [3.63, 3.8) is 0 Å². The van der Waals surface area contributed by atoms with Crippen molar-refractivity contribution in [2.24, 2.45) is 5.92 Å². The first-order valence-electron chi connectivity index (χ1n) is 6.18. The molecule has 5 heteroatoms. The summed E-state index contributed by atoms with van der Waals surface area (Å²) in [5.41, 5.74) is 0. The van der Waals surface area contributed by atoms with Crippen molar-refractivity contribution < 1.29 is 14.3 Å². The monoisotopic (exact) mass is 250 g/mol. The van der Waals surface area contributed by atoms with E-state index in [1.54, 1.807) is 17.0 Å². The lowest BCUT2D eigenvalue weighted by Gasteiger charge is -2.09. The van der Waals surface area contributed by atoms with Crippen LogP contribution in [0.5, 0.6) is 0 Å². The minimum absolute atomic E-state index is 0.0679. The van der Waals surface area contributed by atoms with Crippen LogP contribution >= 0.6 is 0 Å². The van der Waals surface area contributed by atoms with Crippen molar-refractivity contribution in [1.29, 1.82) is 0 Å². The van der Waals surface area contributed by atoms with Gasteiger partial charge in [0.1, 0.15) is 0 Å². The van der Waals surface area contributed by atoms with Crippen molar-refractivity contribution in [2.75, 3.05) is 13.7 Å². The summed E-state index contributed by atoms with van der Waals surface area (Å²) < 4.78 is 6.31. The lowest BCUT2D eigenvalue weighted by Crippen LogP contribution is -2.23. The molecule has 2 rings (SSSR count). The Morgan fingerprint density at radius 3 is 2.78 bits per heavy atom. The van der Waals surface area contributed by atoms with Crippen LogP contribution in [-0.2, 0) is 9.53 Å². The molecule has 0 aromatic carbocycles. The number of nitrogens with one attached hydrogen (secondary N) is 1. The third-order valence-electron chi connectivity index (χ3n) is 3.36. The van der Waals surface area contributed by atoms with Crippen LogP contribution in [-0.4, -0.2) is 36.1 Å². The van der Waals surface area contributed by atoms with E-state index in [0.717, 1.165) is 12.8 Å². The van der Waals surface area contributed by atoms with E-state index in [4.69, 9.17) is 4.74 Å². The number of nitrogens with zero attached hydrogens (tertiary/aromatic N) is 1. The Balaban J connectivity index is 1.75. The van der Waals surface area contributed by atoms with Gasteiger partial charge in [0.25, 0.3) is 0 Å². The number of methoxy groups -OCH3 is 1. The number of carbonyl (C=O) groups excluding carboxylic acids is 2. The van der Waals surface area contributed by atoms with E-state index < -0.39 is 0 Å². The molecule has 1 aliphatic rings. The molecule has 0 amide bonds. The fraction of sp³-hybridized carbons (Fsp3) is 0.538. The normalized spacial score (nSPS) is 22.9. The highest BCUT2D eigenvalue weighted by Crippen LogP contribution is 2.19.